The van der Waals surface area contributed by atoms with Crippen molar-refractivity contribution in [2.24, 2.45) is 0 Å². The second-order valence-corrected chi connectivity index (χ2v) is 12.9. The molecule has 0 amide bonds. The molecule has 0 bridgehead atoms. The second kappa shape index (κ2) is 45.1. The average Bonchev–Trinajstić information content (AvgIpc) is 3.00. The fraction of sp³-hybridized carbons (Fsp3) is 0.850. The summed E-state index contributed by atoms with van der Waals surface area (Å²) in [5.41, 5.74) is 0. The van der Waals surface area contributed by atoms with Crippen LogP contribution in [0, 0.1) is 0 Å². The average molecular weight is 676 g/mol. The maximum atomic E-state index is 10.4. The Morgan fingerprint density at radius 2 is 0.556 bits per heavy atom. The number of carboxylic acids is 2. The van der Waals surface area contributed by atoms with Gasteiger partial charge in [-0.3, -0.25) is 9.59 Å². The van der Waals surface area contributed by atoms with Crippen LogP contribution in [0.2, 0.25) is 0 Å². The van der Waals surface area contributed by atoms with Crippen molar-refractivity contribution in [1.82, 2.24) is 0 Å². The van der Waals surface area contributed by atoms with Crippen LogP contribution in [0.4, 0.5) is 0 Å². The molecule has 0 fully saturated rings. The molecule has 0 spiro atoms. The normalized spacial score (nSPS) is 11.1. The van der Waals surface area contributed by atoms with Crippen LogP contribution in [-0.2, 0) is 26.7 Å². The van der Waals surface area contributed by atoms with Crippen molar-refractivity contribution >= 4 is 11.9 Å². The van der Waals surface area contributed by atoms with Crippen molar-refractivity contribution < 1.29 is 36.9 Å². The van der Waals surface area contributed by atoms with Gasteiger partial charge in [0.15, 0.2) is 0 Å². The molecule has 0 aliphatic rings. The van der Waals surface area contributed by atoms with E-state index in [9.17, 15) is 9.59 Å². The first-order valence-corrected chi connectivity index (χ1v) is 19.3. The maximum absolute atomic E-state index is 10.4. The Hall–Kier alpha value is -1.06. The first kappa shape index (κ1) is 48.3. The Morgan fingerprint density at radius 3 is 0.778 bits per heavy atom. The van der Waals surface area contributed by atoms with E-state index in [2.05, 4.69) is 38.2 Å². The summed E-state index contributed by atoms with van der Waals surface area (Å²) < 4.78 is 0. The fourth-order valence-electron chi connectivity index (χ4n) is 5.40. The van der Waals surface area contributed by atoms with Gasteiger partial charge in [-0.2, -0.15) is 0 Å². The van der Waals surface area contributed by atoms with E-state index < -0.39 is 11.9 Å². The number of rotatable bonds is 34. The molecular weight excluding hydrogens is 599 g/mol. The number of allylic oxidation sites excluding steroid dienone is 4. The zero-order valence-corrected chi connectivity index (χ0v) is 31.2. The molecule has 267 valence electrons. The van der Waals surface area contributed by atoms with Gasteiger partial charge < -0.3 is 10.2 Å². The van der Waals surface area contributed by atoms with Gasteiger partial charge in [0.2, 0.25) is 0 Å². The Bertz CT molecular complexity index is 578. The Morgan fingerprint density at radius 1 is 0.356 bits per heavy atom. The standard InChI is InChI=1S/2C20H38O2.Mn/c2*1-2-3-4-5-6-7-8-9-10-11-12-13-14-15-16-17-18-19-20(21)22;/h2*11-12H,2-10,13-19H2,1H3,(H,21,22);/b2*12-11-;. The number of unbranched alkanes of at least 4 members (excludes halogenated alkanes) is 26. The predicted octanol–water partition coefficient (Wildman–Crippen LogP) is 13.8. The number of carbonyl (C=O) groups is 2. The van der Waals surface area contributed by atoms with Gasteiger partial charge in [0, 0.05) is 29.9 Å². The summed E-state index contributed by atoms with van der Waals surface area (Å²) in [6, 6.07) is 0. The van der Waals surface area contributed by atoms with Crippen LogP contribution >= 0.6 is 0 Å². The van der Waals surface area contributed by atoms with Crippen molar-refractivity contribution in [2.45, 2.75) is 219 Å². The smallest absolute Gasteiger partial charge is 0.303 e. The molecule has 0 aliphatic heterocycles. The van der Waals surface area contributed by atoms with Crippen LogP contribution in [0.3, 0.4) is 0 Å². The van der Waals surface area contributed by atoms with E-state index in [-0.39, 0.29) is 17.1 Å². The van der Waals surface area contributed by atoms with Gasteiger partial charge in [-0.25, -0.2) is 0 Å². The van der Waals surface area contributed by atoms with Gasteiger partial charge in [-0.15, -0.1) is 0 Å². The first-order valence-electron chi connectivity index (χ1n) is 19.3. The Labute approximate surface area is 291 Å². The van der Waals surface area contributed by atoms with Crippen LogP contribution < -0.4 is 0 Å². The third-order valence-electron chi connectivity index (χ3n) is 8.30. The van der Waals surface area contributed by atoms with E-state index in [1.807, 2.05) is 0 Å². The number of carboxylic acid groups (broad SMARTS) is 2. The van der Waals surface area contributed by atoms with E-state index in [1.165, 1.54) is 167 Å². The summed E-state index contributed by atoms with van der Waals surface area (Å²) in [6.07, 6.45) is 48.4. The summed E-state index contributed by atoms with van der Waals surface area (Å²) in [4.78, 5) is 20.7. The molecule has 0 heterocycles. The molecule has 0 aliphatic carbocycles. The molecule has 0 rings (SSSR count). The van der Waals surface area contributed by atoms with Crippen molar-refractivity contribution in [1.29, 1.82) is 0 Å². The minimum Gasteiger partial charge on any atom is -0.481 e. The molecule has 5 heteroatoms. The van der Waals surface area contributed by atoms with Gasteiger partial charge >= 0.3 is 11.9 Å². The molecular formula is C40H76MnO4. The van der Waals surface area contributed by atoms with Gasteiger partial charge in [-0.1, -0.05) is 167 Å². The third-order valence-corrected chi connectivity index (χ3v) is 8.30. The Kier molecular flexibility index (Phi) is 48.4. The molecule has 0 unspecified atom stereocenters. The predicted molar refractivity (Wildman–Crippen MR) is 193 cm³/mol. The minimum atomic E-state index is -0.663. The van der Waals surface area contributed by atoms with Gasteiger partial charge in [0.05, 0.1) is 0 Å². The molecule has 2 N–H and O–H groups in total. The third kappa shape index (κ3) is 52.7. The van der Waals surface area contributed by atoms with E-state index in [0.29, 0.717) is 12.8 Å². The number of aliphatic carboxylic acids is 2. The SMILES string of the molecule is CCCCCCCCCC/C=C\CCCCCCCC(=O)O.CCCCCCCCCC/C=C\CCCCCCCC(=O)O.[Mn]. The second-order valence-electron chi connectivity index (χ2n) is 12.9. The summed E-state index contributed by atoms with van der Waals surface area (Å²) in [5.74, 6) is -1.33. The molecule has 4 nitrogen and oxygen atoms in total. The molecule has 0 aromatic rings. The molecule has 0 aromatic carbocycles. The van der Waals surface area contributed by atoms with Crippen LogP contribution in [0.1, 0.15) is 219 Å². The molecule has 0 aromatic heterocycles. The maximum Gasteiger partial charge on any atom is 0.303 e. The summed E-state index contributed by atoms with van der Waals surface area (Å²) in [5, 5.41) is 17.1. The van der Waals surface area contributed by atoms with Crippen LogP contribution in [0.15, 0.2) is 24.3 Å². The number of hydrogen-bond acceptors (Lipinski definition) is 2. The molecule has 1 radical (unpaired) electrons. The first-order chi connectivity index (χ1) is 21.5. The van der Waals surface area contributed by atoms with Gasteiger partial charge in [0.1, 0.15) is 0 Å². The molecule has 0 atom stereocenters. The van der Waals surface area contributed by atoms with Crippen molar-refractivity contribution in [3.63, 3.8) is 0 Å². The quantitative estimate of drug-likeness (QED) is 0.0404. The fourth-order valence-corrected chi connectivity index (χ4v) is 5.40. The monoisotopic (exact) mass is 676 g/mol. The summed E-state index contributed by atoms with van der Waals surface area (Å²) >= 11 is 0. The van der Waals surface area contributed by atoms with E-state index in [0.717, 1.165) is 25.7 Å². The van der Waals surface area contributed by atoms with Gasteiger partial charge in [-0.05, 0) is 64.2 Å². The topological polar surface area (TPSA) is 74.6 Å². The number of hydrogen-bond donors (Lipinski definition) is 2. The van der Waals surface area contributed by atoms with Crippen molar-refractivity contribution in [3.05, 3.63) is 24.3 Å². The van der Waals surface area contributed by atoms with E-state index in [4.69, 9.17) is 10.2 Å². The van der Waals surface area contributed by atoms with Gasteiger partial charge in [0.25, 0.3) is 0 Å². The van der Waals surface area contributed by atoms with E-state index >= 15 is 0 Å². The molecule has 0 saturated carbocycles. The zero-order valence-electron chi connectivity index (χ0n) is 30.0. The van der Waals surface area contributed by atoms with Crippen molar-refractivity contribution in [2.75, 3.05) is 0 Å². The summed E-state index contributed by atoms with van der Waals surface area (Å²) in [7, 11) is 0. The Balaban J connectivity index is -0.000000767. The molecule has 0 saturated heterocycles. The zero-order chi connectivity index (χ0) is 32.6. The minimum absolute atomic E-state index is 0. The van der Waals surface area contributed by atoms with Crippen LogP contribution in [0.5, 0.6) is 0 Å². The van der Waals surface area contributed by atoms with Crippen molar-refractivity contribution in [3.8, 4) is 0 Å². The van der Waals surface area contributed by atoms with Crippen LogP contribution in [-0.4, -0.2) is 22.2 Å². The summed E-state index contributed by atoms with van der Waals surface area (Å²) in [6.45, 7) is 4.54. The molecule has 45 heavy (non-hydrogen) atoms. The van der Waals surface area contributed by atoms with Crippen LogP contribution in [0.25, 0.3) is 0 Å². The van der Waals surface area contributed by atoms with E-state index in [1.54, 1.807) is 0 Å². The largest absolute Gasteiger partial charge is 0.481 e.